The van der Waals surface area contributed by atoms with E-state index < -0.39 is 0 Å². The molecule has 4 N–H and O–H groups in total. The van der Waals surface area contributed by atoms with Gasteiger partial charge in [-0.05, 0) is 98.5 Å². The lowest BCUT2D eigenvalue weighted by atomic mass is 9.64. The molecule has 2 aromatic rings. The van der Waals surface area contributed by atoms with Crippen molar-refractivity contribution in [2.75, 3.05) is 5.73 Å². The van der Waals surface area contributed by atoms with E-state index in [0.29, 0.717) is 5.92 Å². The Morgan fingerprint density at radius 3 is 2.47 bits per heavy atom. The van der Waals surface area contributed by atoms with Crippen molar-refractivity contribution in [3.05, 3.63) is 119 Å². The van der Waals surface area contributed by atoms with E-state index in [2.05, 4.69) is 107 Å². The highest BCUT2D eigenvalue weighted by molar-refractivity contribution is 5.75. The van der Waals surface area contributed by atoms with Gasteiger partial charge < -0.3 is 11.5 Å². The number of rotatable bonds is 8. The fourth-order valence-corrected chi connectivity index (χ4v) is 5.07. The second kappa shape index (κ2) is 13.7. The summed E-state index contributed by atoms with van der Waals surface area (Å²) in [5, 5.41) is 0. The van der Waals surface area contributed by atoms with Gasteiger partial charge in [-0.3, -0.25) is 0 Å². The normalized spacial score (nSPS) is 18.3. The molecule has 0 aromatic heterocycles. The molecule has 0 spiro atoms. The van der Waals surface area contributed by atoms with Crippen LogP contribution in [0.2, 0.25) is 0 Å². The maximum absolute atomic E-state index is 6.25. The van der Waals surface area contributed by atoms with Gasteiger partial charge in [-0.2, -0.15) is 0 Å². The van der Waals surface area contributed by atoms with Gasteiger partial charge in [-0.15, -0.1) is 0 Å². The summed E-state index contributed by atoms with van der Waals surface area (Å²) in [5.74, 6) is 0.462. The molecule has 3 rings (SSSR count). The fraction of sp³-hybridized carbons (Fsp3) is 0.353. The number of allylic oxidation sites excluding steroid dienone is 9. The predicted octanol–water partition coefficient (Wildman–Crippen LogP) is 8.84. The zero-order valence-electron chi connectivity index (χ0n) is 23.4. The van der Waals surface area contributed by atoms with Crippen LogP contribution in [0.4, 0.5) is 5.69 Å². The summed E-state index contributed by atoms with van der Waals surface area (Å²) < 4.78 is 0. The molecule has 192 valence electrons. The molecule has 0 bridgehead atoms. The van der Waals surface area contributed by atoms with Crippen LogP contribution in [0.15, 0.2) is 96.3 Å². The first-order valence-electron chi connectivity index (χ1n) is 13.3. The van der Waals surface area contributed by atoms with Gasteiger partial charge in [-0.25, -0.2) is 0 Å². The standard InChI is InChI=1S/C32H40N2.C2H6/c1-6-11-24(4)19-27-22-32(21-26-12-7-8-14-30(26)27,29-15-16-31(34)25(5)20-29)28(18-23(2)3)13-9-10-17-33;1-2/h6-8,10-18,20,22,24H,9,19,21,33-34H2,1-5H3;1-2H3/b11-6-,17-10+,28-13+;/t24-,32?;/m1./s1. The van der Waals surface area contributed by atoms with E-state index in [0.717, 1.165) is 30.5 Å². The topological polar surface area (TPSA) is 52.0 Å². The summed E-state index contributed by atoms with van der Waals surface area (Å²) in [6, 6.07) is 15.4. The molecule has 36 heavy (non-hydrogen) atoms. The first-order chi connectivity index (χ1) is 17.3. The molecule has 0 fully saturated rings. The maximum Gasteiger partial charge on any atom is 0.0425 e. The Morgan fingerprint density at radius 1 is 1.11 bits per heavy atom. The minimum absolute atomic E-state index is 0.280. The van der Waals surface area contributed by atoms with Crippen molar-refractivity contribution in [1.29, 1.82) is 0 Å². The molecule has 0 aliphatic heterocycles. The first kappa shape index (κ1) is 29.0. The van der Waals surface area contributed by atoms with Crippen molar-refractivity contribution in [1.82, 2.24) is 0 Å². The van der Waals surface area contributed by atoms with Crippen molar-refractivity contribution in [3.63, 3.8) is 0 Å². The Hall–Kier alpha value is -3.26. The molecular weight excluding hydrogens is 436 g/mol. The number of nitrogen functional groups attached to an aromatic ring is 1. The number of anilines is 1. The van der Waals surface area contributed by atoms with E-state index in [1.165, 1.54) is 33.4 Å². The van der Waals surface area contributed by atoms with Gasteiger partial charge in [0, 0.05) is 11.1 Å². The molecule has 0 saturated carbocycles. The van der Waals surface area contributed by atoms with E-state index >= 15 is 0 Å². The van der Waals surface area contributed by atoms with Gasteiger partial charge >= 0.3 is 0 Å². The van der Waals surface area contributed by atoms with E-state index in [4.69, 9.17) is 11.5 Å². The lowest BCUT2D eigenvalue weighted by Crippen LogP contribution is -2.32. The van der Waals surface area contributed by atoms with Crippen LogP contribution in [0.3, 0.4) is 0 Å². The summed E-state index contributed by atoms with van der Waals surface area (Å²) in [6.45, 7) is 14.8. The highest BCUT2D eigenvalue weighted by Gasteiger charge is 2.38. The molecule has 2 aromatic carbocycles. The molecule has 1 aliphatic rings. The summed E-state index contributed by atoms with van der Waals surface area (Å²) in [7, 11) is 0. The van der Waals surface area contributed by atoms with Crippen LogP contribution in [0.25, 0.3) is 5.57 Å². The van der Waals surface area contributed by atoms with Crippen LogP contribution in [0.1, 0.15) is 76.6 Å². The third kappa shape index (κ3) is 6.91. The third-order valence-corrected chi connectivity index (χ3v) is 6.67. The number of nitrogens with two attached hydrogens (primary N) is 2. The summed E-state index contributed by atoms with van der Waals surface area (Å²) >= 11 is 0. The SMILES string of the molecule is C/C=C\[C@@H](C)CC1=CC(/C(C=C(C)C)=C/C/C=C/N)(c2ccc(N)c(C)c2)Cc2ccccc21.CC. The Morgan fingerprint density at radius 2 is 1.83 bits per heavy atom. The molecule has 2 nitrogen and oxygen atoms in total. The lowest BCUT2D eigenvalue weighted by molar-refractivity contribution is 0.617. The molecule has 0 heterocycles. The molecule has 2 heteroatoms. The van der Waals surface area contributed by atoms with E-state index in [9.17, 15) is 0 Å². The van der Waals surface area contributed by atoms with Crippen molar-refractivity contribution < 1.29 is 0 Å². The molecule has 1 unspecified atom stereocenters. The Balaban J connectivity index is 0.00000222. The molecule has 2 atom stereocenters. The van der Waals surface area contributed by atoms with Crippen molar-refractivity contribution in [2.45, 2.75) is 73.1 Å². The largest absolute Gasteiger partial charge is 0.405 e. The van der Waals surface area contributed by atoms with Gasteiger partial charge in [0.25, 0.3) is 0 Å². The van der Waals surface area contributed by atoms with Gasteiger partial charge in [0.05, 0.1) is 0 Å². The Bertz CT molecular complexity index is 1160. The zero-order valence-corrected chi connectivity index (χ0v) is 23.4. The van der Waals surface area contributed by atoms with Crippen LogP contribution in [0.5, 0.6) is 0 Å². The average Bonchev–Trinajstić information content (AvgIpc) is 2.86. The summed E-state index contributed by atoms with van der Waals surface area (Å²) in [4.78, 5) is 0. The molecule has 0 saturated heterocycles. The molecule has 0 radical (unpaired) electrons. The second-order valence-electron chi connectivity index (χ2n) is 9.80. The number of hydrogen-bond donors (Lipinski definition) is 2. The smallest absolute Gasteiger partial charge is 0.0425 e. The quantitative estimate of drug-likeness (QED) is 0.224. The number of fused-ring (bicyclic) bond motifs is 1. The van der Waals surface area contributed by atoms with E-state index in [-0.39, 0.29) is 5.41 Å². The van der Waals surface area contributed by atoms with Gasteiger partial charge in [0.2, 0.25) is 0 Å². The summed E-state index contributed by atoms with van der Waals surface area (Å²) in [5.41, 5.74) is 21.6. The van der Waals surface area contributed by atoms with E-state index in [1.807, 2.05) is 19.9 Å². The number of aryl methyl sites for hydroxylation is 1. The predicted molar refractivity (Wildman–Crippen MR) is 161 cm³/mol. The van der Waals surface area contributed by atoms with Crippen LogP contribution < -0.4 is 11.5 Å². The number of benzene rings is 2. The monoisotopic (exact) mass is 482 g/mol. The highest BCUT2D eigenvalue weighted by Crippen LogP contribution is 2.47. The zero-order chi connectivity index (χ0) is 26.7. The van der Waals surface area contributed by atoms with Gasteiger partial charge in [-0.1, -0.05) is 99.2 Å². The van der Waals surface area contributed by atoms with Gasteiger partial charge in [0.1, 0.15) is 0 Å². The average molecular weight is 483 g/mol. The van der Waals surface area contributed by atoms with Crippen LogP contribution in [-0.2, 0) is 11.8 Å². The minimum atomic E-state index is -0.280. The maximum atomic E-state index is 6.25. The lowest BCUT2D eigenvalue weighted by Gasteiger charge is -2.39. The van der Waals surface area contributed by atoms with Crippen molar-refractivity contribution >= 4 is 11.3 Å². The second-order valence-corrected chi connectivity index (χ2v) is 9.80. The minimum Gasteiger partial charge on any atom is -0.405 e. The van der Waals surface area contributed by atoms with Crippen LogP contribution in [-0.4, -0.2) is 0 Å². The van der Waals surface area contributed by atoms with Crippen molar-refractivity contribution in [2.24, 2.45) is 11.7 Å². The van der Waals surface area contributed by atoms with Crippen LogP contribution >= 0.6 is 0 Å². The molecular formula is C34H46N2. The summed E-state index contributed by atoms with van der Waals surface area (Å²) in [6.07, 6.45) is 18.0. The third-order valence-electron chi connectivity index (χ3n) is 6.67. The first-order valence-corrected chi connectivity index (χ1v) is 13.3. The molecule has 1 aliphatic carbocycles. The molecule has 0 amide bonds. The Kier molecular flexibility index (Phi) is 11.0. The van der Waals surface area contributed by atoms with Crippen molar-refractivity contribution in [3.8, 4) is 0 Å². The van der Waals surface area contributed by atoms with Crippen LogP contribution in [0, 0.1) is 12.8 Å². The van der Waals surface area contributed by atoms with E-state index in [1.54, 1.807) is 6.20 Å². The highest BCUT2D eigenvalue weighted by atomic mass is 14.6. The Labute approximate surface area is 220 Å². The fourth-order valence-electron chi connectivity index (χ4n) is 5.07. The number of hydrogen-bond acceptors (Lipinski definition) is 2. The van der Waals surface area contributed by atoms with Gasteiger partial charge in [0.15, 0.2) is 0 Å².